The van der Waals surface area contributed by atoms with Crippen LogP contribution in [0.15, 0.2) is 24.3 Å². The van der Waals surface area contributed by atoms with E-state index >= 15 is 0 Å². The highest BCUT2D eigenvalue weighted by atomic mass is 16.4. The lowest BCUT2D eigenvalue weighted by Crippen LogP contribution is -2.56. The molecule has 4 fully saturated rings. The van der Waals surface area contributed by atoms with Gasteiger partial charge < -0.3 is 16.6 Å². The molecule has 0 amide bonds. The van der Waals surface area contributed by atoms with Crippen LogP contribution < -0.4 is 11.5 Å². The number of carboxylic acids is 1. The standard InChI is InChI=1S/C23H36O3.C6H8N2/c1-22-13-4-3-6-15(22)9-11-17-18-12-10-16(7-5-8-21(25)26)23(18,2)20(24)14-19(17)22;7-5-3-1-2-4-6(5)8/h15-19H,3-14H2,1-2H3,(H,25,26);1-4H,7-8H2. The van der Waals surface area contributed by atoms with Gasteiger partial charge in [0.05, 0.1) is 11.4 Å². The maximum Gasteiger partial charge on any atom is 0.303 e. The molecule has 188 valence electrons. The Bertz CT molecular complexity index is 880. The topological polar surface area (TPSA) is 106 Å². The molecule has 5 rings (SSSR count). The van der Waals surface area contributed by atoms with Gasteiger partial charge in [0.15, 0.2) is 0 Å². The molecule has 5 nitrogen and oxygen atoms in total. The van der Waals surface area contributed by atoms with Crippen LogP contribution in [0, 0.1) is 40.4 Å². The number of benzene rings is 1. The number of hydrogen-bond donors (Lipinski definition) is 3. The van der Waals surface area contributed by atoms with Crippen LogP contribution in [-0.4, -0.2) is 16.9 Å². The number of nitrogens with two attached hydrogens (primary N) is 2. The van der Waals surface area contributed by atoms with Crippen molar-refractivity contribution in [3.8, 4) is 0 Å². The van der Waals surface area contributed by atoms with Crippen LogP contribution >= 0.6 is 0 Å². The molecule has 7 unspecified atom stereocenters. The molecule has 7 atom stereocenters. The highest BCUT2D eigenvalue weighted by Crippen LogP contribution is 2.66. The molecule has 0 radical (unpaired) electrons. The number of nitrogen functional groups attached to an aromatic ring is 2. The van der Waals surface area contributed by atoms with E-state index in [2.05, 4.69) is 13.8 Å². The molecule has 5 heteroatoms. The highest BCUT2D eigenvalue weighted by molar-refractivity contribution is 5.87. The highest BCUT2D eigenvalue weighted by Gasteiger charge is 2.62. The van der Waals surface area contributed by atoms with Gasteiger partial charge in [0.1, 0.15) is 5.78 Å². The number of carboxylic acid groups (broad SMARTS) is 1. The Balaban J connectivity index is 0.000000291. The third kappa shape index (κ3) is 4.47. The summed E-state index contributed by atoms with van der Waals surface area (Å²) in [4.78, 5) is 24.4. The van der Waals surface area contributed by atoms with E-state index in [0.29, 0.717) is 40.3 Å². The van der Waals surface area contributed by atoms with Gasteiger partial charge in [-0.25, -0.2) is 0 Å². The summed E-state index contributed by atoms with van der Waals surface area (Å²) >= 11 is 0. The first-order chi connectivity index (χ1) is 16.2. The molecule has 4 aliphatic carbocycles. The van der Waals surface area contributed by atoms with E-state index in [1.54, 1.807) is 12.1 Å². The molecular weight excluding hydrogens is 424 g/mol. The Labute approximate surface area is 205 Å². The molecule has 4 aliphatic rings. The fourth-order valence-electron chi connectivity index (χ4n) is 8.59. The predicted molar refractivity (Wildman–Crippen MR) is 137 cm³/mol. The number of rotatable bonds is 4. The maximum atomic E-state index is 13.5. The van der Waals surface area contributed by atoms with Crippen LogP contribution in [0.4, 0.5) is 11.4 Å². The quantitative estimate of drug-likeness (QED) is 0.448. The van der Waals surface area contributed by atoms with Crippen LogP contribution in [0.25, 0.3) is 0 Å². The Morgan fingerprint density at radius 3 is 2.35 bits per heavy atom. The predicted octanol–water partition coefficient (Wildman–Crippen LogP) is 6.32. The van der Waals surface area contributed by atoms with Crippen LogP contribution in [0.1, 0.15) is 90.9 Å². The van der Waals surface area contributed by atoms with Gasteiger partial charge in [-0.1, -0.05) is 38.8 Å². The smallest absolute Gasteiger partial charge is 0.303 e. The minimum absolute atomic E-state index is 0.169. The molecule has 34 heavy (non-hydrogen) atoms. The third-order valence-corrected chi connectivity index (χ3v) is 10.6. The molecule has 0 heterocycles. The number of aliphatic carboxylic acids is 1. The first-order valence-electron chi connectivity index (χ1n) is 13.5. The molecular formula is C29H44N2O3. The van der Waals surface area contributed by atoms with Gasteiger partial charge in [-0.05, 0) is 98.5 Å². The lowest BCUT2D eigenvalue weighted by Gasteiger charge is -2.59. The fraction of sp³-hybridized carbons (Fsp3) is 0.724. The monoisotopic (exact) mass is 468 g/mol. The van der Waals surface area contributed by atoms with Gasteiger partial charge in [-0.3, -0.25) is 9.59 Å². The van der Waals surface area contributed by atoms with Crippen LogP contribution in [0.2, 0.25) is 0 Å². The Kier molecular flexibility index (Phi) is 7.30. The maximum absolute atomic E-state index is 13.5. The second kappa shape index (κ2) is 9.91. The summed E-state index contributed by atoms with van der Waals surface area (Å²) in [5, 5.41) is 8.96. The lowest BCUT2D eigenvalue weighted by atomic mass is 9.44. The number of hydrogen-bond acceptors (Lipinski definition) is 4. The summed E-state index contributed by atoms with van der Waals surface area (Å²) < 4.78 is 0. The van der Waals surface area contributed by atoms with E-state index in [0.717, 1.165) is 37.5 Å². The second-order valence-electron chi connectivity index (χ2n) is 12.0. The minimum Gasteiger partial charge on any atom is -0.481 e. The van der Waals surface area contributed by atoms with Crippen molar-refractivity contribution in [1.29, 1.82) is 0 Å². The van der Waals surface area contributed by atoms with Gasteiger partial charge in [0.2, 0.25) is 0 Å². The van der Waals surface area contributed by atoms with Crippen molar-refractivity contribution >= 4 is 23.1 Å². The van der Waals surface area contributed by atoms with Crippen LogP contribution in [0.3, 0.4) is 0 Å². The largest absolute Gasteiger partial charge is 0.481 e. The SMILES string of the molecule is CC12CCCCC1CCC1C2CC(=O)C2(C)C(CCCC(=O)O)CCC12.Nc1ccccc1N. The van der Waals surface area contributed by atoms with E-state index in [1.165, 1.54) is 44.9 Å². The zero-order chi connectivity index (χ0) is 24.5. The summed E-state index contributed by atoms with van der Waals surface area (Å²) in [7, 11) is 0. The number of carbonyl (C=O) groups is 2. The first-order valence-corrected chi connectivity index (χ1v) is 13.5. The summed E-state index contributed by atoms with van der Waals surface area (Å²) in [6.07, 6.45) is 13.2. The molecule has 5 N–H and O–H groups in total. The lowest BCUT2D eigenvalue weighted by molar-refractivity contribution is -0.156. The van der Waals surface area contributed by atoms with Crippen molar-refractivity contribution in [3.05, 3.63) is 24.3 Å². The van der Waals surface area contributed by atoms with Gasteiger partial charge >= 0.3 is 5.97 Å². The van der Waals surface area contributed by atoms with Gasteiger partial charge in [-0.15, -0.1) is 0 Å². The number of carbonyl (C=O) groups excluding carboxylic acids is 1. The fourth-order valence-corrected chi connectivity index (χ4v) is 8.59. The van der Waals surface area contributed by atoms with Crippen molar-refractivity contribution in [2.75, 3.05) is 11.5 Å². The number of para-hydroxylation sites is 2. The molecule has 4 saturated carbocycles. The van der Waals surface area contributed by atoms with E-state index in [9.17, 15) is 9.59 Å². The van der Waals surface area contributed by atoms with Crippen molar-refractivity contribution in [2.24, 2.45) is 40.4 Å². The number of anilines is 2. The molecule has 0 spiro atoms. The van der Waals surface area contributed by atoms with Crippen molar-refractivity contribution < 1.29 is 14.7 Å². The summed E-state index contributed by atoms with van der Waals surface area (Å²) in [5.74, 6) is 2.99. The Hall–Kier alpha value is -2.04. The zero-order valence-corrected chi connectivity index (χ0v) is 21.1. The normalized spacial score (nSPS) is 38.6. The zero-order valence-electron chi connectivity index (χ0n) is 21.1. The molecule has 1 aromatic carbocycles. The molecule has 1 aromatic rings. The molecule has 0 aromatic heterocycles. The van der Waals surface area contributed by atoms with Gasteiger partial charge in [0.25, 0.3) is 0 Å². The minimum atomic E-state index is -0.705. The van der Waals surface area contributed by atoms with E-state index < -0.39 is 5.97 Å². The summed E-state index contributed by atoms with van der Waals surface area (Å²) in [6.45, 7) is 4.77. The van der Waals surface area contributed by atoms with E-state index in [1.807, 2.05) is 12.1 Å². The average molecular weight is 469 g/mol. The Morgan fingerprint density at radius 1 is 1.00 bits per heavy atom. The summed E-state index contributed by atoms with van der Waals surface area (Å²) in [5.41, 5.74) is 12.3. The molecule has 0 aliphatic heterocycles. The van der Waals surface area contributed by atoms with Crippen molar-refractivity contribution in [1.82, 2.24) is 0 Å². The first kappa shape index (κ1) is 25.1. The summed E-state index contributed by atoms with van der Waals surface area (Å²) in [6, 6.07) is 7.25. The van der Waals surface area contributed by atoms with E-state index in [4.69, 9.17) is 16.6 Å². The van der Waals surface area contributed by atoms with Crippen molar-refractivity contribution in [2.45, 2.75) is 90.9 Å². The number of fused-ring (bicyclic) bond motifs is 5. The second-order valence-corrected chi connectivity index (χ2v) is 12.0. The molecule has 0 bridgehead atoms. The number of Topliss-reactive ketones (excluding diaryl/α,β-unsaturated/α-hetero) is 1. The third-order valence-electron chi connectivity index (χ3n) is 10.6. The van der Waals surface area contributed by atoms with Gasteiger partial charge in [-0.2, -0.15) is 0 Å². The average Bonchev–Trinajstić information content (AvgIpc) is 3.14. The van der Waals surface area contributed by atoms with Crippen LogP contribution in [-0.2, 0) is 9.59 Å². The molecule has 0 saturated heterocycles. The number of ketones is 1. The van der Waals surface area contributed by atoms with Gasteiger partial charge in [0, 0.05) is 18.3 Å². The Morgan fingerprint density at radius 2 is 1.71 bits per heavy atom. The van der Waals surface area contributed by atoms with Crippen LogP contribution in [0.5, 0.6) is 0 Å². The van der Waals surface area contributed by atoms with E-state index in [-0.39, 0.29) is 11.8 Å². The van der Waals surface area contributed by atoms with Crippen molar-refractivity contribution in [3.63, 3.8) is 0 Å².